The van der Waals surface area contributed by atoms with Crippen LogP contribution in [0.2, 0.25) is 0 Å². The molecule has 2 saturated heterocycles. The molecule has 2 fully saturated rings. The summed E-state index contributed by atoms with van der Waals surface area (Å²) in [4.78, 5) is 17.4. The highest BCUT2D eigenvalue weighted by Crippen LogP contribution is 2.34. The second-order valence-corrected chi connectivity index (χ2v) is 8.58. The highest BCUT2D eigenvalue weighted by atomic mass is 19.1. The molecule has 0 radical (unpaired) electrons. The van der Waals surface area contributed by atoms with Crippen molar-refractivity contribution < 1.29 is 23.2 Å². The van der Waals surface area contributed by atoms with E-state index in [4.69, 9.17) is 14.0 Å². The number of halogens is 1. The fraction of sp³-hybridized carbons (Fsp3) is 0.385. The van der Waals surface area contributed by atoms with Gasteiger partial charge in [0.2, 0.25) is 5.88 Å². The lowest BCUT2D eigenvalue weighted by molar-refractivity contribution is 0.0507. The van der Waals surface area contributed by atoms with Crippen LogP contribution < -0.4 is 4.90 Å². The fourth-order valence-electron chi connectivity index (χ4n) is 4.53. The number of anilines is 1. The van der Waals surface area contributed by atoms with Gasteiger partial charge < -0.3 is 23.8 Å². The van der Waals surface area contributed by atoms with E-state index in [0.717, 1.165) is 12.8 Å². The average molecular weight is 466 g/mol. The quantitative estimate of drug-likeness (QED) is 0.523. The zero-order valence-electron chi connectivity index (χ0n) is 19.0. The van der Waals surface area contributed by atoms with Crippen LogP contribution in [0.25, 0.3) is 11.3 Å². The van der Waals surface area contributed by atoms with Gasteiger partial charge in [-0.3, -0.25) is 4.79 Å². The van der Waals surface area contributed by atoms with Crippen LogP contribution in [0.1, 0.15) is 28.8 Å². The second kappa shape index (κ2) is 10.4. The summed E-state index contributed by atoms with van der Waals surface area (Å²) in [7, 11) is 0. The van der Waals surface area contributed by atoms with Gasteiger partial charge in [0, 0.05) is 37.4 Å². The molecule has 2 aliphatic rings. The summed E-state index contributed by atoms with van der Waals surface area (Å²) >= 11 is 0. The van der Waals surface area contributed by atoms with Crippen molar-refractivity contribution in [2.24, 2.45) is 0 Å². The van der Waals surface area contributed by atoms with Gasteiger partial charge in [-0.1, -0.05) is 35.5 Å². The lowest BCUT2D eigenvalue weighted by atomic mass is 10.0. The van der Waals surface area contributed by atoms with Crippen LogP contribution in [0, 0.1) is 5.82 Å². The Labute approximate surface area is 198 Å². The Morgan fingerprint density at radius 2 is 1.82 bits per heavy atom. The lowest BCUT2D eigenvalue weighted by Crippen LogP contribution is -2.39. The number of carbonyl (C=O) groups is 1. The Kier molecular flexibility index (Phi) is 6.87. The number of ether oxygens (including phenoxy) is 2. The first-order valence-corrected chi connectivity index (χ1v) is 11.7. The van der Waals surface area contributed by atoms with Crippen LogP contribution in [0.5, 0.6) is 0 Å². The molecule has 1 amide bonds. The van der Waals surface area contributed by atoms with Gasteiger partial charge in [0.15, 0.2) is 0 Å². The third-order valence-electron chi connectivity index (χ3n) is 6.30. The SMILES string of the molecule is O=C(c1ccccc1)N(Cc1c(-c2ccccc2F)noc1N1CCOCC1)CC1CCCO1. The van der Waals surface area contributed by atoms with Crippen molar-refractivity contribution in [1.29, 1.82) is 0 Å². The number of hydrogen-bond acceptors (Lipinski definition) is 6. The van der Waals surface area contributed by atoms with Gasteiger partial charge in [-0.05, 0) is 37.1 Å². The number of benzene rings is 2. The summed E-state index contributed by atoms with van der Waals surface area (Å²) in [5, 5.41) is 4.27. The molecule has 2 aliphatic heterocycles. The van der Waals surface area contributed by atoms with E-state index >= 15 is 0 Å². The Balaban J connectivity index is 1.53. The van der Waals surface area contributed by atoms with Crippen LogP contribution in [0.3, 0.4) is 0 Å². The first-order chi connectivity index (χ1) is 16.7. The molecular formula is C26H28FN3O4. The summed E-state index contributed by atoms with van der Waals surface area (Å²) in [6.45, 7) is 3.78. The van der Waals surface area contributed by atoms with Gasteiger partial charge >= 0.3 is 0 Å². The van der Waals surface area contributed by atoms with Crippen LogP contribution in [-0.2, 0) is 16.0 Å². The molecule has 0 spiro atoms. The van der Waals surface area contributed by atoms with Crippen molar-refractivity contribution in [3.63, 3.8) is 0 Å². The summed E-state index contributed by atoms with van der Waals surface area (Å²) in [6, 6.07) is 15.7. The minimum Gasteiger partial charge on any atom is -0.378 e. The molecule has 1 aromatic heterocycles. The number of rotatable bonds is 7. The first-order valence-electron chi connectivity index (χ1n) is 11.7. The number of amides is 1. The summed E-state index contributed by atoms with van der Waals surface area (Å²) in [5.74, 6) is 0.0649. The van der Waals surface area contributed by atoms with Crippen molar-refractivity contribution in [2.75, 3.05) is 44.4 Å². The van der Waals surface area contributed by atoms with Crippen LogP contribution >= 0.6 is 0 Å². The predicted octanol–water partition coefficient (Wildman–Crippen LogP) is 4.14. The highest BCUT2D eigenvalue weighted by Gasteiger charge is 2.30. The van der Waals surface area contributed by atoms with Crippen molar-refractivity contribution in [3.05, 3.63) is 71.5 Å². The first kappa shape index (κ1) is 22.6. The van der Waals surface area contributed by atoms with Gasteiger partial charge in [0.1, 0.15) is 11.5 Å². The largest absolute Gasteiger partial charge is 0.378 e. The number of morpholine rings is 1. The molecule has 3 heterocycles. The predicted molar refractivity (Wildman–Crippen MR) is 125 cm³/mol. The molecule has 1 unspecified atom stereocenters. The third kappa shape index (κ3) is 4.83. The Bertz CT molecular complexity index is 1110. The van der Waals surface area contributed by atoms with E-state index in [0.29, 0.717) is 67.7 Å². The van der Waals surface area contributed by atoms with Crippen molar-refractivity contribution in [3.8, 4) is 11.3 Å². The number of aromatic nitrogens is 1. The van der Waals surface area contributed by atoms with E-state index in [1.165, 1.54) is 6.07 Å². The van der Waals surface area contributed by atoms with Crippen molar-refractivity contribution in [2.45, 2.75) is 25.5 Å². The Morgan fingerprint density at radius 1 is 1.06 bits per heavy atom. The van der Waals surface area contributed by atoms with Gasteiger partial charge in [-0.15, -0.1) is 0 Å². The normalized spacial score (nSPS) is 18.3. The zero-order valence-corrected chi connectivity index (χ0v) is 19.0. The molecule has 3 aromatic rings. The van der Waals surface area contributed by atoms with Crippen LogP contribution in [-0.4, -0.2) is 61.5 Å². The summed E-state index contributed by atoms with van der Waals surface area (Å²) in [6.07, 6.45) is 1.85. The van der Waals surface area contributed by atoms with Gasteiger partial charge in [0.25, 0.3) is 5.91 Å². The molecule has 34 heavy (non-hydrogen) atoms. The van der Waals surface area contributed by atoms with E-state index in [2.05, 4.69) is 5.16 Å². The molecule has 0 saturated carbocycles. The third-order valence-corrected chi connectivity index (χ3v) is 6.30. The van der Waals surface area contributed by atoms with Crippen molar-refractivity contribution >= 4 is 11.8 Å². The fourth-order valence-corrected chi connectivity index (χ4v) is 4.53. The molecule has 7 nitrogen and oxygen atoms in total. The number of carbonyl (C=O) groups excluding carboxylic acids is 1. The lowest BCUT2D eigenvalue weighted by Gasteiger charge is -2.29. The molecular weight excluding hydrogens is 437 g/mol. The van der Waals surface area contributed by atoms with Gasteiger partial charge in [0.05, 0.1) is 31.4 Å². The summed E-state index contributed by atoms with van der Waals surface area (Å²) in [5.41, 5.74) is 2.05. The Morgan fingerprint density at radius 3 is 2.56 bits per heavy atom. The minimum atomic E-state index is -0.384. The minimum absolute atomic E-state index is 0.0312. The number of nitrogens with zero attached hydrogens (tertiary/aromatic N) is 3. The smallest absolute Gasteiger partial charge is 0.254 e. The second-order valence-electron chi connectivity index (χ2n) is 8.58. The molecule has 8 heteroatoms. The highest BCUT2D eigenvalue weighted by molar-refractivity contribution is 5.94. The Hall–Kier alpha value is -3.23. The van der Waals surface area contributed by atoms with E-state index in [9.17, 15) is 9.18 Å². The van der Waals surface area contributed by atoms with Crippen LogP contribution in [0.4, 0.5) is 10.3 Å². The molecule has 178 valence electrons. The molecule has 5 rings (SSSR count). The summed E-state index contributed by atoms with van der Waals surface area (Å²) < 4.78 is 31.9. The molecule has 0 bridgehead atoms. The van der Waals surface area contributed by atoms with E-state index in [1.807, 2.05) is 23.1 Å². The zero-order chi connectivity index (χ0) is 23.3. The molecule has 2 aromatic carbocycles. The van der Waals surface area contributed by atoms with Crippen molar-refractivity contribution in [1.82, 2.24) is 10.1 Å². The van der Waals surface area contributed by atoms with E-state index in [1.54, 1.807) is 35.2 Å². The standard InChI is InChI=1S/C26H28FN3O4/c27-23-11-5-4-10-21(23)24-22(26(34-28-24)29-12-15-32-16-13-29)18-30(17-20-9-6-14-33-20)25(31)19-7-2-1-3-8-19/h1-5,7-8,10-11,20H,6,9,12-18H2. The maximum atomic E-state index is 14.8. The topological polar surface area (TPSA) is 68.0 Å². The molecule has 0 aliphatic carbocycles. The van der Waals surface area contributed by atoms with Gasteiger partial charge in [-0.2, -0.15) is 0 Å². The van der Waals surface area contributed by atoms with Crippen LogP contribution in [0.15, 0.2) is 59.1 Å². The molecule has 0 N–H and O–H groups in total. The maximum Gasteiger partial charge on any atom is 0.254 e. The monoisotopic (exact) mass is 465 g/mol. The van der Waals surface area contributed by atoms with E-state index < -0.39 is 0 Å². The average Bonchev–Trinajstić information content (AvgIpc) is 3.55. The molecule has 1 atom stereocenters. The number of hydrogen-bond donors (Lipinski definition) is 0. The van der Waals surface area contributed by atoms with Gasteiger partial charge in [-0.25, -0.2) is 4.39 Å². The van der Waals surface area contributed by atoms with E-state index in [-0.39, 0.29) is 24.4 Å². The maximum absolute atomic E-state index is 14.8.